The molecule has 6 heteroatoms. The van der Waals surface area contributed by atoms with Crippen LogP contribution in [0.25, 0.3) is 17.5 Å². The largest absolute Gasteiger partial charge is 0.493 e. The summed E-state index contributed by atoms with van der Waals surface area (Å²) in [6.07, 6.45) is 4.58. The second-order valence-corrected chi connectivity index (χ2v) is 6.86. The van der Waals surface area contributed by atoms with Gasteiger partial charge in [0.25, 0.3) is 0 Å². The molecule has 0 aliphatic carbocycles. The van der Waals surface area contributed by atoms with Crippen LogP contribution in [-0.4, -0.2) is 34.3 Å². The maximum absolute atomic E-state index is 8.80. The third kappa shape index (κ3) is 6.27. The van der Waals surface area contributed by atoms with Crippen molar-refractivity contribution in [1.82, 2.24) is 10.2 Å². The number of aliphatic hydroxyl groups excluding tert-OH is 1. The molecule has 0 atom stereocenters. The summed E-state index contributed by atoms with van der Waals surface area (Å²) in [4.78, 5) is 0. The van der Waals surface area contributed by atoms with E-state index in [2.05, 4.69) is 10.2 Å². The van der Waals surface area contributed by atoms with Crippen molar-refractivity contribution in [2.75, 3.05) is 19.0 Å². The Morgan fingerprint density at radius 2 is 1.85 bits per heavy atom. The lowest BCUT2D eigenvalue weighted by atomic mass is 10.1. The Kier molecular flexibility index (Phi) is 7.50. The van der Waals surface area contributed by atoms with Gasteiger partial charge in [0.1, 0.15) is 5.75 Å². The van der Waals surface area contributed by atoms with E-state index in [1.165, 1.54) is 0 Å². The fraction of sp³-hybridized carbons (Fsp3) is 0.238. The van der Waals surface area contributed by atoms with E-state index < -0.39 is 0 Å². The molecule has 2 aromatic carbocycles. The van der Waals surface area contributed by atoms with Gasteiger partial charge in [-0.05, 0) is 36.2 Å². The van der Waals surface area contributed by atoms with Gasteiger partial charge < -0.3 is 14.3 Å². The second-order valence-electron chi connectivity index (χ2n) is 5.75. The Labute approximate surface area is 163 Å². The van der Waals surface area contributed by atoms with Crippen LogP contribution in [0.2, 0.25) is 0 Å². The summed E-state index contributed by atoms with van der Waals surface area (Å²) < 4.78 is 11.4. The van der Waals surface area contributed by atoms with Gasteiger partial charge in [0.2, 0.25) is 11.8 Å². The standard InChI is InChI=1S/C21H22N2O3S/c24-13-5-4-6-17-9-11-18(12-10-17)21-23-22-20(26-21)16-27-15-14-25-19-7-2-1-3-8-19/h1-4,6-12,24H,5,13-16H2/b6-4+. The lowest BCUT2D eigenvalue weighted by Crippen LogP contribution is -2.00. The van der Waals surface area contributed by atoms with Gasteiger partial charge in [-0.3, -0.25) is 0 Å². The monoisotopic (exact) mass is 382 g/mol. The summed E-state index contributed by atoms with van der Waals surface area (Å²) in [6, 6.07) is 17.7. The number of para-hydroxylation sites is 1. The van der Waals surface area contributed by atoms with Gasteiger partial charge in [-0.1, -0.05) is 42.5 Å². The molecule has 0 radical (unpaired) electrons. The molecule has 1 aromatic heterocycles. The number of aliphatic hydroxyl groups is 1. The molecule has 0 bridgehead atoms. The Morgan fingerprint density at radius 3 is 2.63 bits per heavy atom. The molecule has 140 valence electrons. The number of ether oxygens (including phenoxy) is 1. The predicted molar refractivity (Wildman–Crippen MR) is 109 cm³/mol. The number of nitrogens with zero attached hydrogens (tertiary/aromatic N) is 2. The van der Waals surface area contributed by atoms with Crippen LogP contribution in [0.5, 0.6) is 5.75 Å². The summed E-state index contributed by atoms with van der Waals surface area (Å²) in [7, 11) is 0. The van der Waals surface area contributed by atoms with Gasteiger partial charge in [-0.25, -0.2) is 0 Å². The van der Waals surface area contributed by atoms with E-state index >= 15 is 0 Å². The molecular weight excluding hydrogens is 360 g/mol. The molecule has 0 amide bonds. The number of thioether (sulfide) groups is 1. The van der Waals surface area contributed by atoms with Crippen LogP contribution >= 0.6 is 11.8 Å². The van der Waals surface area contributed by atoms with Crippen LogP contribution in [-0.2, 0) is 5.75 Å². The zero-order chi connectivity index (χ0) is 18.7. The molecule has 0 saturated carbocycles. The SMILES string of the molecule is OCC/C=C/c1ccc(-c2nnc(CSCCOc3ccccc3)o2)cc1. The van der Waals surface area contributed by atoms with E-state index in [1.807, 2.05) is 66.7 Å². The predicted octanol–water partition coefficient (Wildman–Crippen LogP) is 4.44. The molecule has 0 unspecified atom stereocenters. The average molecular weight is 382 g/mol. The quantitative estimate of drug-likeness (QED) is 0.523. The first-order chi connectivity index (χ1) is 13.3. The fourth-order valence-corrected chi connectivity index (χ4v) is 2.99. The minimum absolute atomic E-state index is 0.162. The Hall–Kier alpha value is -2.57. The second kappa shape index (κ2) is 10.5. The van der Waals surface area contributed by atoms with Crippen LogP contribution < -0.4 is 4.74 Å². The number of hydrogen-bond donors (Lipinski definition) is 1. The molecular formula is C21H22N2O3S. The Morgan fingerprint density at radius 1 is 1.04 bits per heavy atom. The Bertz CT molecular complexity index is 832. The number of rotatable bonds is 10. The van der Waals surface area contributed by atoms with E-state index in [0.717, 1.165) is 22.6 Å². The zero-order valence-corrected chi connectivity index (χ0v) is 15.8. The molecule has 0 fully saturated rings. The van der Waals surface area contributed by atoms with E-state index in [-0.39, 0.29) is 6.61 Å². The van der Waals surface area contributed by atoms with Gasteiger partial charge >= 0.3 is 0 Å². The van der Waals surface area contributed by atoms with Crippen LogP contribution in [0.1, 0.15) is 17.9 Å². The first-order valence-electron chi connectivity index (χ1n) is 8.81. The molecule has 5 nitrogen and oxygen atoms in total. The molecule has 1 N–H and O–H groups in total. The van der Waals surface area contributed by atoms with Gasteiger partial charge in [0.15, 0.2) is 0 Å². The third-order valence-electron chi connectivity index (χ3n) is 3.70. The third-order valence-corrected chi connectivity index (χ3v) is 4.60. The number of aromatic nitrogens is 2. The topological polar surface area (TPSA) is 68.4 Å². The summed E-state index contributed by atoms with van der Waals surface area (Å²) in [5.41, 5.74) is 1.96. The molecule has 0 aliphatic rings. The lowest BCUT2D eigenvalue weighted by molar-refractivity contribution is 0.303. The van der Waals surface area contributed by atoms with Crippen molar-refractivity contribution in [3.05, 3.63) is 72.1 Å². The first-order valence-corrected chi connectivity index (χ1v) is 9.96. The summed E-state index contributed by atoms with van der Waals surface area (Å²) in [6.45, 7) is 0.802. The molecule has 0 aliphatic heterocycles. The summed E-state index contributed by atoms with van der Waals surface area (Å²) in [5.74, 6) is 3.53. The highest BCUT2D eigenvalue weighted by Crippen LogP contribution is 2.21. The normalized spacial score (nSPS) is 11.1. The highest BCUT2D eigenvalue weighted by atomic mass is 32.2. The van der Waals surface area contributed by atoms with Crippen molar-refractivity contribution in [3.63, 3.8) is 0 Å². The van der Waals surface area contributed by atoms with Crippen molar-refractivity contribution >= 4 is 17.8 Å². The molecule has 27 heavy (non-hydrogen) atoms. The minimum atomic E-state index is 0.162. The maximum atomic E-state index is 8.80. The molecule has 3 rings (SSSR count). The highest BCUT2D eigenvalue weighted by molar-refractivity contribution is 7.98. The van der Waals surface area contributed by atoms with E-state index in [1.54, 1.807) is 11.8 Å². The maximum Gasteiger partial charge on any atom is 0.247 e. The lowest BCUT2D eigenvalue weighted by Gasteiger charge is -2.04. The molecule has 1 heterocycles. The van der Waals surface area contributed by atoms with E-state index in [9.17, 15) is 0 Å². The smallest absolute Gasteiger partial charge is 0.247 e. The zero-order valence-electron chi connectivity index (χ0n) is 15.0. The van der Waals surface area contributed by atoms with Crippen molar-refractivity contribution in [1.29, 1.82) is 0 Å². The van der Waals surface area contributed by atoms with Crippen LogP contribution in [0.4, 0.5) is 0 Å². The molecule has 3 aromatic rings. The number of benzene rings is 2. The van der Waals surface area contributed by atoms with Gasteiger partial charge in [0, 0.05) is 17.9 Å². The average Bonchev–Trinajstić information content (AvgIpc) is 3.18. The van der Waals surface area contributed by atoms with Gasteiger partial charge in [0.05, 0.1) is 12.4 Å². The van der Waals surface area contributed by atoms with Crippen molar-refractivity contribution < 1.29 is 14.3 Å². The summed E-state index contributed by atoms with van der Waals surface area (Å²) >= 11 is 1.70. The van der Waals surface area contributed by atoms with E-state index in [0.29, 0.717) is 30.6 Å². The summed E-state index contributed by atoms with van der Waals surface area (Å²) in [5, 5.41) is 17.0. The van der Waals surface area contributed by atoms with Crippen LogP contribution in [0.15, 0.2) is 65.1 Å². The van der Waals surface area contributed by atoms with Crippen molar-refractivity contribution in [2.45, 2.75) is 12.2 Å². The fourth-order valence-electron chi connectivity index (χ4n) is 2.35. The van der Waals surface area contributed by atoms with Gasteiger partial charge in [-0.2, -0.15) is 0 Å². The Balaban J connectivity index is 1.44. The van der Waals surface area contributed by atoms with Crippen LogP contribution in [0, 0.1) is 0 Å². The van der Waals surface area contributed by atoms with Crippen LogP contribution in [0.3, 0.4) is 0 Å². The van der Waals surface area contributed by atoms with E-state index in [4.69, 9.17) is 14.3 Å². The molecule has 0 saturated heterocycles. The minimum Gasteiger partial charge on any atom is -0.493 e. The first kappa shape index (κ1) is 19.2. The highest BCUT2D eigenvalue weighted by Gasteiger charge is 2.08. The van der Waals surface area contributed by atoms with Gasteiger partial charge in [-0.15, -0.1) is 22.0 Å². The number of hydrogen-bond acceptors (Lipinski definition) is 6. The van der Waals surface area contributed by atoms with Crippen molar-refractivity contribution in [2.24, 2.45) is 0 Å². The van der Waals surface area contributed by atoms with Crippen molar-refractivity contribution in [3.8, 4) is 17.2 Å². The molecule has 0 spiro atoms.